The van der Waals surface area contributed by atoms with Gasteiger partial charge in [0.1, 0.15) is 0 Å². The molecule has 2 aromatic carbocycles. The Balaban J connectivity index is 2.06. The third-order valence-corrected chi connectivity index (χ3v) is 4.51. The molecule has 0 saturated carbocycles. The van der Waals surface area contributed by atoms with Crippen molar-refractivity contribution in [2.24, 2.45) is 0 Å². The van der Waals surface area contributed by atoms with Gasteiger partial charge in [-0.3, -0.25) is 9.59 Å². The van der Waals surface area contributed by atoms with Gasteiger partial charge in [-0.05, 0) is 56.3 Å². The summed E-state index contributed by atoms with van der Waals surface area (Å²) < 4.78 is 77.4. The molecular formula is C21H21F6N3O2. The molecule has 0 saturated heterocycles. The number of nitrogens with one attached hydrogen (secondary N) is 2. The molecule has 0 aliphatic carbocycles. The Bertz CT molecular complexity index is 919. The number of hydrogen-bond acceptors (Lipinski definition) is 3. The van der Waals surface area contributed by atoms with Crippen LogP contribution in [0.1, 0.15) is 35.3 Å². The van der Waals surface area contributed by atoms with Crippen molar-refractivity contribution in [3.63, 3.8) is 0 Å². The number of halogens is 6. The van der Waals surface area contributed by atoms with Gasteiger partial charge in [0.25, 0.3) is 5.91 Å². The van der Waals surface area contributed by atoms with Gasteiger partial charge in [-0.1, -0.05) is 0 Å². The molecule has 0 aromatic heterocycles. The summed E-state index contributed by atoms with van der Waals surface area (Å²) in [5.74, 6) is -0.877. The van der Waals surface area contributed by atoms with Gasteiger partial charge >= 0.3 is 12.4 Å². The summed E-state index contributed by atoms with van der Waals surface area (Å²) in [7, 11) is 0. The first-order valence-electron chi connectivity index (χ1n) is 9.57. The van der Waals surface area contributed by atoms with E-state index in [-0.39, 0.29) is 12.0 Å². The number of amides is 2. The van der Waals surface area contributed by atoms with Crippen LogP contribution in [0.15, 0.2) is 42.5 Å². The summed E-state index contributed by atoms with van der Waals surface area (Å²) in [6.45, 7) is 4.17. The average Bonchev–Trinajstić information content (AvgIpc) is 2.72. The zero-order chi connectivity index (χ0) is 24.1. The third-order valence-electron chi connectivity index (χ3n) is 4.51. The molecule has 2 aromatic rings. The maximum absolute atomic E-state index is 12.9. The van der Waals surface area contributed by atoms with E-state index in [0.29, 0.717) is 36.5 Å². The Labute approximate surface area is 180 Å². The first-order chi connectivity index (χ1) is 14.8. The van der Waals surface area contributed by atoms with Crippen LogP contribution in [0, 0.1) is 0 Å². The highest BCUT2D eigenvalue weighted by Crippen LogP contribution is 2.37. The zero-order valence-corrected chi connectivity index (χ0v) is 17.2. The van der Waals surface area contributed by atoms with Crippen LogP contribution in [-0.2, 0) is 17.1 Å². The lowest BCUT2D eigenvalue weighted by Gasteiger charge is -2.18. The van der Waals surface area contributed by atoms with Crippen molar-refractivity contribution in [3.8, 4) is 0 Å². The molecule has 2 rings (SSSR count). The minimum atomic E-state index is -4.98. The molecule has 5 nitrogen and oxygen atoms in total. The predicted octanol–water partition coefficient (Wildman–Crippen LogP) is 5.26. The molecule has 11 heteroatoms. The van der Waals surface area contributed by atoms with Crippen molar-refractivity contribution >= 4 is 23.2 Å². The van der Waals surface area contributed by atoms with Gasteiger partial charge in [0.2, 0.25) is 5.91 Å². The van der Waals surface area contributed by atoms with Crippen LogP contribution >= 0.6 is 0 Å². The summed E-state index contributed by atoms with van der Waals surface area (Å²) in [5, 5.41) is 4.73. The molecule has 0 fully saturated rings. The van der Waals surface area contributed by atoms with Crippen molar-refractivity contribution in [3.05, 3.63) is 59.2 Å². The minimum Gasteiger partial charge on any atom is -0.376 e. The van der Waals surface area contributed by atoms with Gasteiger partial charge in [-0.25, -0.2) is 0 Å². The van der Waals surface area contributed by atoms with Crippen LogP contribution in [0.3, 0.4) is 0 Å². The van der Waals surface area contributed by atoms with E-state index < -0.39 is 41.6 Å². The molecule has 0 radical (unpaired) electrons. The SMILES string of the molecule is CCN(CC)C(=O)c1ccc(NC(=O)CNc2cc(C(F)(F)F)cc(C(F)(F)F)c2)cc1. The molecular weight excluding hydrogens is 440 g/mol. The number of carbonyl (C=O) groups excluding carboxylic acids is 2. The first-order valence-corrected chi connectivity index (χ1v) is 9.57. The van der Waals surface area contributed by atoms with E-state index >= 15 is 0 Å². The largest absolute Gasteiger partial charge is 0.416 e. The normalized spacial score (nSPS) is 11.8. The second kappa shape index (κ2) is 9.92. The zero-order valence-electron chi connectivity index (χ0n) is 17.2. The quantitative estimate of drug-likeness (QED) is 0.554. The number of anilines is 2. The maximum atomic E-state index is 12.9. The van der Waals surface area contributed by atoms with Crippen LogP contribution in [-0.4, -0.2) is 36.3 Å². The van der Waals surface area contributed by atoms with E-state index in [1.54, 1.807) is 4.90 Å². The van der Waals surface area contributed by atoms with E-state index in [0.717, 1.165) is 0 Å². The third kappa shape index (κ3) is 6.63. The Morgan fingerprint density at radius 1 is 0.812 bits per heavy atom. The van der Waals surface area contributed by atoms with Crippen molar-refractivity contribution in [2.75, 3.05) is 30.3 Å². The second-order valence-corrected chi connectivity index (χ2v) is 6.75. The summed E-state index contributed by atoms with van der Waals surface area (Å²) >= 11 is 0. The van der Waals surface area contributed by atoms with E-state index in [1.807, 2.05) is 13.8 Å². The summed E-state index contributed by atoms with van der Waals surface area (Å²) in [6.07, 6.45) is -9.96. The highest BCUT2D eigenvalue weighted by Gasteiger charge is 2.36. The van der Waals surface area contributed by atoms with Gasteiger partial charge < -0.3 is 15.5 Å². The highest BCUT2D eigenvalue weighted by atomic mass is 19.4. The van der Waals surface area contributed by atoms with Gasteiger partial charge in [0, 0.05) is 30.0 Å². The number of nitrogens with zero attached hydrogens (tertiary/aromatic N) is 1. The van der Waals surface area contributed by atoms with Crippen molar-refractivity contribution in [2.45, 2.75) is 26.2 Å². The molecule has 0 unspecified atom stereocenters. The molecule has 0 bridgehead atoms. The molecule has 32 heavy (non-hydrogen) atoms. The monoisotopic (exact) mass is 461 g/mol. The Morgan fingerprint density at radius 3 is 1.75 bits per heavy atom. The Hall–Kier alpha value is -3.24. The average molecular weight is 461 g/mol. The smallest absolute Gasteiger partial charge is 0.376 e. The lowest BCUT2D eigenvalue weighted by atomic mass is 10.1. The molecule has 2 N–H and O–H groups in total. The van der Waals surface area contributed by atoms with E-state index in [9.17, 15) is 35.9 Å². The fraction of sp³-hybridized carbons (Fsp3) is 0.333. The standard InChI is InChI=1S/C21H21F6N3O2/c1-3-30(4-2)19(32)13-5-7-16(8-6-13)29-18(31)12-28-17-10-14(20(22,23)24)9-15(11-17)21(25,26)27/h5-11,28H,3-4,12H2,1-2H3,(H,29,31). The number of benzene rings is 2. The van der Waals surface area contributed by atoms with Crippen molar-refractivity contribution < 1.29 is 35.9 Å². The van der Waals surface area contributed by atoms with E-state index in [1.165, 1.54) is 24.3 Å². The van der Waals surface area contributed by atoms with Crippen LogP contribution in [0.4, 0.5) is 37.7 Å². The highest BCUT2D eigenvalue weighted by molar-refractivity contribution is 5.96. The molecule has 0 atom stereocenters. The van der Waals surface area contributed by atoms with Crippen LogP contribution < -0.4 is 10.6 Å². The summed E-state index contributed by atoms with van der Waals surface area (Å²) in [5.41, 5.74) is -2.74. The lowest BCUT2D eigenvalue weighted by molar-refractivity contribution is -0.143. The predicted molar refractivity (Wildman–Crippen MR) is 107 cm³/mol. The van der Waals surface area contributed by atoms with Crippen molar-refractivity contribution in [1.29, 1.82) is 0 Å². The fourth-order valence-electron chi connectivity index (χ4n) is 2.83. The molecule has 0 aliphatic heterocycles. The first kappa shape index (κ1) is 25.0. The second-order valence-electron chi connectivity index (χ2n) is 6.75. The minimum absolute atomic E-state index is 0.00626. The van der Waals surface area contributed by atoms with Crippen molar-refractivity contribution in [1.82, 2.24) is 4.90 Å². The van der Waals surface area contributed by atoms with Gasteiger partial charge in [-0.15, -0.1) is 0 Å². The molecule has 0 heterocycles. The van der Waals surface area contributed by atoms with Crippen LogP contribution in [0.5, 0.6) is 0 Å². The van der Waals surface area contributed by atoms with Gasteiger partial charge in [0.15, 0.2) is 0 Å². The lowest BCUT2D eigenvalue weighted by Crippen LogP contribution is -2.30. The fourth-order valence-corrected chi connectivity index (χ4v) is 2.83. The summed E-state index contributed by atoms with van der Waals surface area (Å²) in [6, 6.07) is 6.96. The molecule has 174 valence electrons. The number of hydrogen-bond donors (Lipinski definition) is 2. The maximum Gasteiger partial charge on any atom is 0.416 e. The number of rotatable bonds is 7. The Kier molecular flexibility index (Phi) is 7.76. The molecule has 0 aliphatic rings. The van der Waals surface area contributed by atoms with Crippen LogP contribution in [0.2, 0.25) is 0 Å². The number of alkyl halides is 6. The van der Waals surface area contributed by atoms with Crippen LogP contribution in [0.25, 0.3) is 0 Å². The number of carbonyl (C=O) groups is 2. The topological polar surface area (TPSA) is 61.4 Å². The van der Waals surface area contributed by atoms with E-state index in [4.69, 9.17) is 0 Å². The molecule has 0 spiro atoms. The van der Waals surface area contributed by atoms with E-state index in [2.05, 4.69) is 10.6 Å². The Morgan fingerprint density at radius 2 is 1.31 bits per heavy atom. The molecule has 2 amide bonds. The van der Waals surface area contributed by atoms with Gasteiger partial charge in [-0.2, -0.15) is 26.3 Å². The summed E-state index contributed by atoms with van der Waals surface area (Å²) in [4.78, 5) is 26.0. The van der Waals surface area contributed by atoms with Gasteiger partial charge in [0.05, 0.1) is 17.7 Å².